The van der Waals surface area contributed by atoms with Gasteiger partial charge in [-0.3, -0.25) is 4.79 Å². The first-order valence-corrected chi connectivity index (χ1v) is 5.40. The van der Waals surface area contributed by atoms with Gasteiger partial charge >= 0.3 is 0 Å². The van der Waals surface area contributed by atoms with Gasteiger partial charge in [0, 0.05) is 0 Å². The highest BCUT2D eigenvalue weighted by molar-refractivity contribution is 8.42. The maximum atomic E-state index is 13.7. The molecule has 0 bridgehead atoms. The van der Waals surface area contributed by atoms with Gasteiger partial charge in [0.2, 0.25) is 10.0 Å². The van der Waals surface area contributed by atoms with Gasteiger partial charge in [-0.2, -0.15) is 0 Å². The van der Waals surface area contributed by atoms with Gasteiger partial charge in [0.15, 0.2) is 0 Å². The van der Waals surface area contributed by atoms with Crippen LogP contribution in [0.1, 0.15) is 26.7 Å². The predicted octanol–water partition coefficient (Wildman–Crippen LogP) is 3.74. The number of hydrogen-bond donors (Lipinski definition) is 0. The van der Waals surface area contributed by atoms with Crippen LogP contribution in [-0.4, -0.2) is 14.4 Å². The van der Waals surface area contributed by atoms with E-state index in [-0.39, 0.29) is 12.8 Å². The Morgan fingerprint density at radius 2 is 1.50 bits per heavy atom. The van der Waals surface area contributed by atoms with E-state index in [9.17, 15) is 13.6 Å². The molecule has 0 spiro atoms. The zero-order valence-corrected chi connectivity index (χ0v) is 8.53. The van der Waals surface area contributed by atoms with Crippen LogP contribution in [-0.2, 0) is 0 Å². The number of carbonyl (C=O) groups excluding carboxylic acids is 1. The van der Waals surface area contributed by atoms with Crippen molar-refractivity contribution >= 4 is 28.0 Å². The molecule has 2 unspecified atom stereocenters. The minimum Gasteiger partial charge on any atom is -0.274 e. The number of rotatable bonds is 2. The summed E-state index contributed by atoms with van der Waals surface area (Å²) in [5.41, 5.74) is 0. The van der Waals surface area contributed by atoms with E-state index in [1.54, 1.807) is 13.8 Å². The third-order valence-corrected chi connectivity index (χ3v) is 4.79. The summed E-state index contributed by atoms with van der Waals surface area (Å²) in [6.45, 7) is 3.10. The van der Waals surface area contributed by atoms with Gasteiger partial charge in [-0.15, -0.1) is 0 Å². The van der Waals surface area contributed by atoms with Crippen molar-refractivity contribution in [1.29, 1.82) is 0 Å². The van der Waals surface area contributed by atoms with E-state index < -0.39 is 14.4 Å². The lowest BCUT2D eigenvalue weighted by Gasteiger charge is -2.28. The summed E-state index contributed by atoms with van der Waals surface area (Å²) in [7, 11) is 0. The van der Waals surface area contributed by atoms with E-state index >= 15 is 0 Å². The second-order valence-corrected chi connectivity index (χ2v) is 5.32. The molecule has 1 aliphatic rings. The second kappa shape index (κ2) is 3.18. The third kappa shape index (κ3) is 1.37. The SMILES string of the molecule is CCC1(F)SC(=O)SC1(F)CC. The molecule has 1 aliphatic heterocycles. The molecule has 0 saturated carbocycles. The first-order chi connectivity index (χ1) is 5.47. The summed E-state index contributed by atoms with van der Waals surface area (Å²) in [5.74, 6) is 0. The van der Waals surface area contributed by atoms with E-state index in [0.717, 1.165) is 0 Å². The van der Waals surface area contributed by atoms with Crippen LogP contribution in [0.5, 0.6) is 0 Å². The molecule has 5 heteroatoms. The standard InChI is InChI=1S/C7H10F2OS2/c1-3-6(8)7(9,4-2)12-5(10)11-6/h3-4H2,1-2H3. The first-order valence-electron chi connectivity index (χ1n) is 3.77. The Kier molecular flexibility index (Phi) is 2.73. The lowest BCUT2D eigenvalue weighted by Crippen LogP contribution is -2.37. The van der Waals surface area contributed by atoms with E-state index in [0.29, 0.717) is 23.5 Å². The fourth-order valence-electron chi connectivity index (χ4n) is 1.11. The van der Waals surface area contributed by atoms with Gasteiger partial charge < -0.3 is 0 Å². The molecule has 0 aromatic carbocycles. The molecule has 1 heterocycles. The largest absolute Gasteiger partial charge is 0.274 e. The van der Waals surface area contributed by atoms with Gasteiger partial charge in [-0.05, 0) is 36.4 Å². The fraction of sp³-hybridized carbons (Fsp3) is 0.857. The Labute approximate surface area is 78.7 Å². The van der Waals surface area contributed by atoms with Gasteiger partial charge in [0.1, 0.15) is 0 Å². The van der Waals surface area contributed by atoms with E-state index in [4.69, 9.17) is 0 Å². The molecule has 0 N–H and O–H groups in total. The molecule has 0 radical (unpaired) electrons. The predicted molar refractivity (Wildman–Crippen MR) is 48.8 cm³/mol. The summed E-state index contributed by atoms with van der Waals surface area (Å²) in [5, 5.41) is -4.05. The van der Waals surface area contributed by atoms with Crippen LogP contribution in [0.2, 0.25) is 0 Å². The molecule has 1 fully saturated rings. The quantitative estimate of drug-likeness (QED) is 0.694. The van der Waals surface area contributed by atoms with Crippen molar-refractivity contribution in [3.63, 3.8) is 0 Å². The number of thioether (sulfide) groups is 2. The van der Waals surface area contributed by atoms with E-state index in [2.05, 4.69) is 0 Å². The summed E-state index contributed by atoms with van der Waals surface area (Å²) >= 11 is 0.964. The van der Waals surface area contributed by atoms with Crippen LogP contribution in [0, 0.1) is 0 Å². The molecule has 12 heavy (non-hydrogen) atoms. The highest BCUT2D eigenvalue weighted by Crippen LogP contribution is 2.60. The molecular weight excluding hydrogens is 202 g/mol. The Balaban J connectivity index is 2.93. The smallest absolute Gasteiger partial charge is 0.252 e. The maximum absolute atomic E-state index is 13.7. The van der Waals surface area contributed by atoms with Gasteiger partial charge in [-0.1, -0.05) is 13.8 Å². The Morgan fingerprint density at radius 1 is 1.17 bits per heavy atom. The molecule has 0 aliphatic carbocycles. The molecule has 70 valence electrons. The van der Waals surface area contributed by atoms with Crippen LogP contribution < -0.4 is 0 Å². The fourth-order valence-corrected chi connectivity index (χ4v) is 3.73. The average Bonchev–Trinajstić information content (AvgIpc) is 2.25. The topological polar surface area (TPSA) is 17.1 Å². The van der Waals surface area contributed by atoms with Crippen LogP contribution in [0.15, 0.2) is 0 Å². The third-order valence-electron chi connectivity index (χ3n) is 1.96. The normalized spacial score (nSPS) is 42.2. The Bertz CT molecular complexity index is 192. The summed E-state index contributed by atoms with van der Waals surface area (Å²) in [6.07, 6.45) is 0.0570. The molecule has 0 amide bonds. The van der Waals surface area contributed by atoms with Crippen LogP contribution in [0.3, 0.4) is 0 Å². The number of hydrogen-bond acceptors (Lipinski definition) is 3. The average molecular weight is 212 g/mol. The second-order valence-electron chi connectivity index (χ2n) is 2.62. The van der Waals surface area contributed by atoms with Crippen molar-refractivity contribution in [2.24, 2.45) is 0 Å². The zero-order valence-electron chi connectivity index (χ0n) is 6.89. The lowest BCUT2D eigenvalue weighted by molar-refractivity contribution is 0.102. The Morgan fingerprint density at radius 3 is 1.75 bits per heavy atom. The number of carbonyl (C=O) groups is 1. The zero-order chi connectivity index (χ0) is 9.41. The van der Waals surface area contributed by atoms with Crippen LogP contribution >= 0.6 is 23.5 Å². The molecule has 1 nitrogen and oxygen atoms in total. The van der Waals surface area contributed by atoms with Crippen molar-refractivity contribution < 1.29 is 13.6 Å². The maximum Gasteiger partial charge on any atom is 0.252 e. The molecule has 2 atom stereocenters. The lowest BCUT2D eigenvalue weighted by atomic mass is 10.1. The highest BCUT2D eigenvalue weighted by atomic mass is 32.2. The Hall–Kier alpha value is 0.230. The van der Waals surface area contributed by atoms with Crippen LogP contribution in [0.25, 0.3) is 0 Å². The molecular formula is C7H10F2OS2. The number of halogens is 2. The van der Waals surface area contributed by atoms with E-state index in [1.165, 1.54) is 0 Å². The highest BCUT2D eigenvalue weighted by Gasteiger charge is 2.60. The summed E-state index contributed by atoms with van der Waals surface area (Å²) in [6, 6.07) is 0. The first kappa shape index (κ1) is 10.3. The van der Waals surface area contributed by atoms with Crippen LogP contribution in [0.4, 0.5) is 13.6 Å². The number of alkyl halides is 2. The van der Waals surface area contributed by atoms with Crippen molar-refractivity contribution in [3.05, 3.63) is 0 Å². The van der Waals surface area contributed by atoms with E-state index in [1.807, 2.05) is 0 Å². The van der Waals surface area contributed by atoms with Crippen molar-refractivity contribution in [2.75, 3.05) is 0 Å². The monoisotopic (exact) mass is 212 g/mol. The summed E-state index contributed by atoms with van der Waals surface area (Å²) < 4.78 is 26.9. The van der Waals surface area contributed by atoms with Gasteiger partial charge in [0.25, 0.3) is 4.45 Å². The molecule has 0 aromatic rings. The van der Waals surface area contributed by atoms with Crippen molar-refractivity contribution in [3.8, 4) is 0 Å². The molecule has 1 saturated heterocycles. The van der Waals surface area contributed by atoms with Crippen molar-refractivity contribution in [1.82, 2.24) is 0 Å². The minimum absolute atomic E-state index is 0.0285. The van der Waals surface area contributed by atoms with Crippen molar-refractivity contribution in [2.45, 2.75) is 36.7 Å². The molecule has 1 rings (SSSR count). The summed E-state index contributed by atoms with van der Waals surface area (Å²) in [4.78, 5) is 10.8. The van der Waals surface area contributed by atoms with Gasteiger partial charge in [-0.25, -0.2) is 8.78 Å². The molecule has 0 aromatic heterocycles. The minimum atomic E-state index is -2.02. The van der Waals surface area contributed by atoms with Gasteiger partial charge in [0.05, 0.1) is 0 Å².